The van der Waals surface area contributed by atoms with E-state index in [2.05, 4.69) is 29.9 Å². The van der Waals surface area contributed by atoms with Crippen molar-refractivity contribution in [2.45, 2.75) is 12.8 Å². The highest BCUT2D eigenvalue weighted by molar-refractivity contribution is 5.69. The third-order valence-electron chi connectivity index (χ3n) is 4.14. The van der Waals surface area contributed by atoms with Crippen molar-refractivity contribution >= 4 is 11.9 Å². The van der Waals surface area contributed by atoms with E-state index in [1.165, 1.54) is 14.2 Å². The standard InChI is InChI=1S/C16H32N4O4.2H2/c1-23-15(21)3-5-17-7-9-19-11-13-20(14-12-19)10-8-18-6-4-16(22)24-2;;/h17-18H,3-14H2,1-2H3;2*1H. The fraction of sp³-hybridized carbons (Fsp3) is 0.875. The molecule has 0 atom stereocenters. The minimum atomic E-state index is -0.170. The normalized spacial score (nSPS) is 16.1. The molecule has 0 unspecified atom stereocenters. The molecule has 144 valence electrons. The number of carbonyl (C=O) groups excluding carboxylic acids is 2. The van der Waals surface area contributed by atoms with Crippen molar-refractivity contribution in [2.24, 2.45) is 0 Å². The Bertz CT molecular complexity index is 336. The van der Waals surface area contributed by atoms with E-state index in [4.69, 9.17) is 0 Å². The maximum absolute atomic E-state index is 11.0. The van der Waals surface area contributed by atoms with E-state index in [9.17, 15) is 9.59 Å². The highest BCUT2D eigenvalue weighted by Crippen LogP contribution is 2.00. The minimum Gasteiger partial charge on any atom is -0.469 e. The first kappa shape index (κ1) is 20.8. The molecule has 1 fully saturated rings. The van der Waals surface area contributed by atoms with Crippen LogP contribution in [0.15, 0.2) is 0 Å². The summed E-state index contributed by atoms with van der Waals surface area (Å²) >= 11 is 0. The van der Waals surface area contributed by atoms with Gasteiger partial charge in [-0.15, -0.1) is 0 Å². The summed E-state index contributed by atoms with van der Waals surface area (Å²) in [6.45, 7) is 9.42. The second-order valence-corrected chi connectivity index (χ2v) is 5.84. The molecule has 0 aromatic rings. The lowest BCUT2D eigenvalue weighted by molar-refractivity contribution is -0.141. The topological polar surface area (TPSA) is 83.1 Å². The van der Waals surface area contributed by atoms with Crippen molar-refractivity contribution in [3.05, 3.63) is 0 Å². The maximum Gasteiger partial charge on any atom is 0.306 e. The lowest BCUT2D eigenvalue weighted by Crippen LogP contribution is -2.49. The molecule has 0 aromatic carbocycles. The molecule has 2 N–H and O–H groups in total. The molecule has 1 saturated heterocycles. The van der Waals surface area contributed by atoms with Crippen LogP contribution < -0.4 is 10.6 Å². The highest BCUT2D eigenvalue weighted by Gasteiger charge is 2.15. The Morgan fingerprint density at radius 1 is 0.792 bits per heavy atom. The maximum atomic E-state index is 11.0. The van der Waals surface area contributed by atoms with Gasteiger partial charge in [-0.05, 0) is 0 Å². The number of piperazine rings is 1. The van der Waals surface area contributed by atoms with E-state index in [1.54, 1.807) is 0 Å². The van der Waals surface area contributed by atoms with Crippen molar-refractivity contribution in [2.75, 3.05) is 79.7 Å². The molecule has 1 heterocycles. The van der Waals surface area contributed by atoms with Crippen molar-refractivity contribution in [1.29, 1.82) is 0 Å². The summed E-state index contributed by atoms with van der Waals surface area (Å²) in [6.07, 6.45) is 0.848. The summed E-state index contributed by atoms with van der Waals surface area (Å²) < 4.78 is 9.20. The first-order chi connectivity index (χ1) is 11.7. The second-order valence-electron chi connectivity index (χ2n) is 5.84. The smallest absolute Gasteiger partial charge is 0.306 e. The summed E-state index contributed by atoms with van der Waals surface area (Å²) in [5.41, 5.74) is 0. The fourth-order valence-electron chi connectivity index (χ4n) is 2.55. The van der Waals surface area contributed by atoms with E-state index in [0.29, 0.717) is 25.9 Å². The van der Waals surface area contributed by atoms with Crippen LogP contribution in [-0.2, 0) is 19.1 Å². The predicted molar refractivity (Wildman–Crippen MR) is 96.1 cm³/mol. The van der Waals surface area contributed by atoms with E-state index in [0.717, 1.165) is 52.4 Å². The summed E-state index contributed by atoms with van der Waals surface area (Å²) in [6, 6.07) is 0. The van der Waals surface area contributed by atoms with E-state index in [-0.39, 0.29) is 14.8 Å². The first-order valence-corrected chi connectivity index (χ1v) is 8.65. The molecule has 0 spiro atoms. The van der Waals surface area contributed by atoms with Gasteiger partial charge in [0.15, 0.2) is 0 Å². The zero-order chi connectivity index (χ0) is 17.6. The minimum absolute atomic E-state index is 0. The zero-order valence-corrected chi connectivity index (χ0v) is 15.0. The second kappa shape index (κ2) is 13.1. The Kier molecular flexibility index (Phi) is 11.4. The molecule has 8 nitrogen and oxygen atoms in total. The number of hydrogen-bond donors (Lipinski definition) is 2. The molecule has 8 heteroatoms. The number of methoxy groups -OCH3 is 2. The van der Waals surface area contributed by atoms with Crippen LogP contribution in [0.1, 0.15) is 15.7 Å². The third kappa shape index (κ3) is 9.82. The molecule has 0 radical (unpaired) electrons. The Hall–Kier alpha value is -1.22. The number of nitrogens with zero attached hydrogens (tertiary/aromatic N) is 2. The Balaban J connectivity index is 0. The van der Waals surface area contributed by atoms with Gasteiger partial charge < -0.3 is 20.1 Å². The van der Waals surface area contributed by atoms with E-state index in [1.807, 2.05) is 0 Å². The van der Waals surface area contributed by atoms with Gasteiger partial charge in [0.2, 0.25) is 0 Å². The van der Waals surface area contributed by atoms with Crippen LogP contribution in [0, 0.1) is 0 Å². The molecule has 0 bridgehead atoms. The lowest BCUT2D eigenvalue weighted by Gasteiger charge is -2.34. The predicted octanol–water partition coefficient (Wildman–Crippen LogP) is -0.599. The summed E-state index contributed by atoms with van der Waals surface area (Å²) in [4.78, 5) is 26.8. The van der Waals surface area contributed by atoms with Gasteiger partial charge >= 0.3 is 11.9 Å². The van der Waals surface area contributed by atoms with Crippen LogP contribution in [0.25, 0.3) is 0 Å². The first-order valence-electron chi connectivity index (χ1n) is 8.65. The van der Waals surface area contributed by atoms with Gasteiger partial charge in [-0.25, -0.2) is 0 Å². The van der Waals surface area contributed by atoms with Gasteiger partial charge in [-0.1, -0.05) is 0 Å². The van der Waals surface area contributed by atoms with Crippen molar-refractivity contribution in [3.63, 3.8) is 0 Å². The third-order valence-corrected chi connectivity index (χ3v) is 4.14. The monoisotopic (exact) mass is 348 g/mol. The highest BCUT2D eigenvalue weighted by atomic mass is 16.5. The number of ether oxygens (including phenoxy) is 2. The molecular formula is C16H36N4O4. The van der Waals surface area contributed by atoms with E-state index < -0.39 is 0 Å². The largest absolute Gasteiger partial charge is 0.469 e. The Labute approximate surface area is 147 Å². The van der Waals surface area contributed by atoms with Crippen LogP contribution in [0.5, 0.6) is 0 Å². The molecule has 1 aliphatic heterocycles. The summed E-state index contributed by atoms with van der Waals surface area (Å²) in [5.74, 6) is -0.340. The summed E-state index contributed by atoms with van der Waals surface area (Å²) in [7, 11) is 2.83. The van der Waals surface area contributed by atoms with Crippen molar-refractivity contribution < 1.29 is 21.9 Å². The molecule has 0 amide bonds. The van der Waals surface area contributed by atoms with Crippen LogP contribution >= 0.6 is 0 Å². The number of nitrogens with one attached hydrogen (secondary N) is 2. The van der Waals surface area contributed by atoms with Gasteiger partial charge in [0, 0.05) is 68.3 Å². The molecule has 1 aliphatic rings. The molecular weight excluding hydrogens is 312 g/mol. The van der Waals surface area contributed by atoms with Crippen LogP contribution in [0.2, 0.25) is 0 Å². The zero-order valence-electron chi connectivity index (χ0n) is 15.0. The number of hydrogen-bond acceptors (Lipinski definition) is 8. The Morgan fingerprint density at radius 3 is 1.50 bits per heavy atom. The van der Waals surface area contributed by atoms with E-state index >= 15 is 0 Å². The van der Waals surface area contributed by atoms with Gasteiger partial charge in [-0.2, -0.15) is 0 Å². The molecule has 0 aromatic heterocycles. The fourth-order valence-corrected chi connectivity index (χ4v) is 2.55. The number of esters is 2. The molecule has 0 aliphatic carbocycles. The quantitative estimate of drug-likeness (QED) is 0.357. The number of rotatable bonds is 12. The summed E-state index contributed by atoms with van der Waals surface area (Å²) in [5, 5.41) is 6.53. The SMILES string of the molecule is COC(=O)CCNCCN1CCN(CCNCCC(=O)OC)CC1.[HH].[HH]. The molecule has 0 saturated carbocycles. The van der Waals surface area contributed by atoms with Crippen LogP contribution in [0.3, 0.4) is 0 Å². The molecule has 1 rings (SSSR count). The van der Waals surface area contributed by atoms with Gasteiger partial charge in [-0.3, -0.25) is 19.4 Å². The van der Waals surface area contributed by atoms with Gasteiger partial charge in [0.1, 0.15) is 0 Å². The number of carbonyl (C=O) groups is 2. The average molecular weight is 348 g/mol. The van der Waals surface area contributed by atoms with Crippen molar-refractivity contribution in [1.82, 2.24) is 20.4 Å². The molecule has 24 heavy (non-hydrogen) atoms. The van der Waals surface area contributed by atoms with Gasteiger partial charge in [0.25, 0.3) is 0 Å². The van der Waals surface area contributed by atoms with Crippen molar-refractivity contribution in [3.8, 4) is 0 Å². The average Bonchev–Trinajstić information content (AvgIpc) is 2.61. The van der Waals surface area contributed by atoms with Gasteiger partial charge in [0.05, 0.1) is 27.1 Å². The Morgan fingerprint density at radius 2 is 1.17 bits per heavy atom. The van der Waals surface area contributed by atoms with Crippen LogP contribution in [-0.4, -0.2) is 101 Å². The lowest BCUT2D eigenvalue weighted by atomic mass is 10.3. The van der Waals surface area contributed by atoms with Crippen LogP contribution in [0.4, 0.5) is 0 Å².